The van der Waals surface area contributed by atoms with Gasteiger partial charge in [-0.1, -0.05) is 6.07 Å². The number of ether oxygens (including phenoxy) is 1. The lowest BCUT2D eigenvalue weighted by molar-refractivity contribution is -0.136. The number of esters is 1. The van der Waals surface area contributed by atoms with E-state index in [-0.39, 0.29) is 13.2 Å². The Hall–Kier alpha value is -3.68. The van der Waals surface area contributed by atoms with Crippen molar-refractivity contribution in [3.63, 3.8) is 0 Å². The maximum Gasteiger partial charge on any atom is 0.338 e. The molecule has 0 aliphatic carbocycles. The molecule has 8 heteroatoms. The third-order valence-corrected chi connectivity index (χ3v) is 4.06. The van der Waals surface area contributed by atoms with E-state index in [9.17, 15) is 19.2 Å². The number of hydrogen-bond donors (Lipinski definition) is 3. The maximum atomic E-state index is 11.9. The van der Waals surface area contributed by atoms with Gasteiger partial charge in [0.05, 0.1) is 18.7 Å². The lowest BCUT2D eigenvalue weighted by Crippen LogP contribution is -2.39. The minimum Gasteiger partial charge on any atom is -0.462 e. The molecule has 0 saturated heterocycles. The number of amides is 3. The van der Waals surface area contributed by atoms with Crippen molar-refractivity contribution in [3.8, 4) is 0 Å². The Balaban J connectivity index is 1.82. The van der Waals surface area contributed by atoms with Crippen LogP contribution in [0.1, 0.15) is 28.4 Å². The van der Waals surface area contributed by atoms with E-state index in [2.05, 4.69) is 16.0 Å². The SMILES string of the molecule is CCOC(=O)c1ccc(NC(=O)C(=O)NCC(=O)Nc2ccc(C)c(C)c2)cc1. The van der Waals surface area contributed by atoms with Gasteiger partial charge in [0.1, 0.15) is 0 Å². The van der Waals surface area contributed by atoms with E-state index in [1.165, 1.54) is 24.3 Å². The highest BCUT2D eigenvalue weighted by molar-refractivity contribution is 6.39. The standard InChI is InChI=1S/C21H23N3O5/c1-4-29-21(28)15-6-9-16(10-7-15)24-20(27)19(26)22-12-18(25)23-17-8-5-13(2)14(3)11-17/h5-11H,4,12H2,1-3H3,(H,22,26)(H,23,25)(H,24,27). The van der Waals surface area contributed by atoms with Gasteiger partial charge in [-0.3, -0.25) is 14.4 Å². The van der Waals surface area contributed by atoms with E-state index in [1.54, 1.807) is 13.0 Å². The molecule has 3 N–H and O–H groups in total. The Morgan fingerprint density at radius 2 is 1.48 bits per heavy atom. The summed E-state index contributed by atoms with van der Waals surface area (Å²) < 4.78 is 4.87. The molecule has 3 amide bonds. The minimum absolute atomic E-state index is 0.259. The van der Waals surface area contributed by atoms with Gasteiger partial charge in [-0.05, 0) is 68.3 Å². The van der Waals surface area contributed by atoms with Crippen molar-refractivity contribution in [1.82, 2.24) is 5.32 Å². The van der Waals surface area contributed by atoms with Crippen LogP contribution in [0.25, 0.3) is 0 Å². The van der Waals surface area contributed by atoms with Crippen LogP contribution >= 0.6 is 0 Å². The Morgan fingerprint density at radius 1 is 0.828 bits per heavy atom. The number of nitrogens with one attached hydrogen (secondary N) is 3. The van der Waals surface area contributed by atoms with Gasteiger partial charge in [0.25, 0.3) is 0 Å². The van der Waals surface area contributed by atoms with E-state index in [0.29, 0.717) is 16.9 Å². The zero-order valence-electron chi connectivity index (χ0n) is 16.5. The number of benzene rings is 2. The number of rotatable bonds is 6. The van der Waals surface area contributed by atoms with Crippen LogP contribution < -0.4 is 16.0 Å². The molecule has 152 valence electrons. The highest BCUT2D eigenvalue weighted by Gasteiger charge is 2.15. The topological polar surface area (TPSA) is 114 Å². The lowest BCUT2D eigenvalue weighted by atomic mass is 10.1. The Labute approximate surface area is 168 Å². The average Bonchev–Trinajstić information content (AvgIpc) is 2.69. The van der Waals surface area contributed by atoms with E-state index in [4.69, 9.17) is 4.74 Å². The van der Waals surface area contributed by atoms with Gasteiger partial charge < -0.3 is 20.7 Å². The summed E-state index contributed by atoms with van der Waals surface area (Å²) in [5, 5.41) is 7.30. The summed E-state index contributed by atoms with van der Waals surface area (Å²) in [5.41, 5.74) is 3.40. The molecule has 0 saturated carbocycles. The molecule has 2 aromatic carbocycles. The largest absolute Gasteiger partial charge is 0.462 e. The summed E-state index contributed by atoms with van der Waals surface area (Å²) in [6, 6.07) is 11.4. The van der Waals surface area contributed by atoms with Gasteiger partial charge in [-0.15, -0.1) is 0 Å². The van der Waals surface area contributed by atoms with Crippen molar-refractivity contribution < 1.29 is 23.9 Å². The summed E-state index contributed by atoms with van der Waals surface area (Å²) in [5.74, 6) is -2.80. The smallest absolute Gasteiger partial charge is 0.338 e. The molecule has 0 heterocycles. The molecule has 8 nitrogen and oxygen atoms in total. The molecule has 0 unspecified atom stereocenters. The van der Waals surface area contributed by atoms with Crippen molar-refractivity contribution in [2.45, 2.75) is 20.8 Å². The molecular weight excluding hydrogens is 374 g/mol. The van der Waals surface area contributed by atoms with Crippen LogP contribution in [0.3, 0.4) is 0 Å². The summed E-state index contributed by atoms with van der Waals surface area (Å²) in [7, 11) is 0. The quantitative estimate of drug-likeness (QED) is 0.511. The average molecular weight is 397 g/mol. The zero-order chi connectivity index (χ0) is 21.4. The number of carbonyl (C=O) groups excluding carboxylic acids is 4. The van der Waals surface area contributed by atoms with Crippen molar-refractivity contribution in [1.29, 1.82) is 0 Å². The van der Waals surface area contributed by atoms with E-state index in [1.807, 2.05) is 26.0 Å². The van der Waals surface area contributed by atoms with Crippen LogP contribution in [0.5, 0.6) is 0 Å². The molecule has 0 aliphatic rings. The van der Waals surface area contributed by atoms with Crippen molar-refractivity contribution in [2.24, 2.45) is 0 Å². The van der Waals surface area contributed by atoms with Crippen LogP contribution in [0.4, 0.5) is 11.4 Å². The summed E-state index contributed by atoms with van der Waals surface area (Å²) >= 11 is 0. The highest BCUT2D eigenvalue weighted by Crippen LogP contribution is 2.14. The lowest BCUT2D eigenvalue weighted by Gasteiger charge is -2.09. The van der Waals surface area contributed by atoms with E-state index in [0.717, 1.165) is 11.1 Å². The van der Waals surface area contributed by atoms with Gasteiger partial charge in [-0.25, -0.2) is 4.79 Å². The zero-order valence-corrected chi connectivity index (χ0v) is 16.5. The summed E-state index contributed by atoms with van der Waals surface area (Å²) in [6.07, 6.45) is 0. The molecule has 0 bridgehead atoms. The van der Waals surface area contributed by atoms with Gasteiger partial charge >= 0.3 is 17.8 Å². The molecule has 0 aromatic heterocycles. The normalized spacial score (nSPS) is 10.0. The second-order valence-corrected chi connectivity index (χ2v) is 6.28. The first kappa shape index (κ1) is 21.6. The number of carbonyl (C=O) groups is 4. The fourth-order valence-corrected chi connectivity index (χ4v) is 2.36. The molecule has 2 aromatic rings. The monoisotopic (exact) mass is 397 g/mol. The Bertz CT molecular complexity index is 922. The van der Waals surface area contributed by atoms with E-state index < -0.39 is 23.7 Å². The second-order valence-electron chi connectivity index (χ2n) is 6.28. The summed E-state index contributed by atoms with van der Waals surface area (Å²) in [6.45, 7) is 5.50. The predicted molar refractivity (Wildman–Crippen MR) is 109 cm³/mol. The van der Waals surface area contributed by atoms with Crippen molar-refractivity contribution in [2.75, 3.05) is 23.8 Å². The molecule has 0 radical (unpaired) electrons. The van der Waals surface area contributed by atoms with Gasteiger partial charge in [0, 0.05) is 11.4 Å². The fraction of sp³-hybridized carbons (Fsp3) is 0.238. The minimum atomic E-state index is -0.949. The van der Waals surface area contributed by atoms with Crippen LogP contribution in [-0.4, -0.2) is 36.8 Å². The highest BCUT2D eigenvalue weighted by atomic mass is 16.5. The number of aryl methyl sites for hydroxylation is 2. The van der Waals surface area contributed by atoms with Crippen molar-refractivity contribution >= 4 is 35.1 Å². The predicted octanol–water partition coefficient (Wildman–Crippen LogP) is 2.17. The van der Waals surface area contributed by atoms with Gasteiger partial charge in [0.2, 0.25) is 5.91 Å². The first-order valence-electron chi connectivity index (χ1n) is 9.03. The Morgan fingerprint density at radius 3 is 2.10 bits per heavy atom. The third-order valence-electron chi connectivity index (χ3n) is 4.06. The van der Waals surface area contributed by atoms with E-state index >= 15 is 0 Å². The van der Waals surface area contributed by atoms with Crippen LogP contribution in [-0.2, 0) is 19.1 Å². The molecule has 2 rings (SSSR count). The first-order valence-corrected chi connectivity index (χ1v) is 9.03. The van der Waals surface area contributed by atoms with Crippen LogP contribution in [0.2, 0.25) is 0 Å². The Kier molecular flexibility index (Phi) is 7.47. The molecule has 0 atom stereocenters. The van der Waals surface area contributed by atoms with Gasteiger partial charge in [0.15, 0.2) is 0 Å². The second kappa shape index (κ2) is 10.0. The fourth-order valence-electron chi connectivity index (χ4n) is 2.36. The molecule has 0 spiro atoms. The molecule has 29 heavy (non-hydrogen) atoms. The van der Waals surface area contributed by atoms with Crippen LogP contribution in [0, 0.1) is 13.8 Å². The maximum absolute atomic E-state index is 11.9. The number of hydrogen-bond acceptors (Lipinski definition) is 5. The third kappa shape index (κ3) is 6.46. The van der Waals surface area contributed by atoms with Crippen LogP contribution in [0.15, 0.2) is 42.5 Å². The summed E-state index contributed by atoms with van der Waals surface area (Å²) in [4.78, 5) is 47.4. The van der Waals surface area contributed by atoms with Crippen molar-refractivity contribution in [3.05, 3.63) is 59.2 Å². The molecule has 0 fully saturated rings. The molecular formula is C21H23N3O5. The van der Waals surface area contributed by atoms with Gasteiger partial charge in [-0.2, -0.15) is 0 Å². The first-order chi connectivity index (χ1) is 13.8. The molecule has 0 aliphatic heterocycles. The number of anilines is 2.